The van der Waals surface area contributed by atoms with Gasteiger partial charge in [-0.25, -0.2) is 4.98 Å². The Morgan fingerprint density at radius 1 is 1.30 bits per heavy atom. The molecule has 11 heteroatoms. The highest BCUT2D eigenvalue weighted by molar-refractivity contribution is 6.32. The van der Waals surface area contributed by atoms with Crippen molar-refractivity contribution in [1.29, 1.82) is 0 Å². The number of halogens is 1. The fourth-order valence-corrected chi connectivity index (χ4v) is 5.10. The molecule has 1 saturated heterocycles. The number of amides is 1. The van der Waals surface area contributed by atoms with Crippen molar-refractivity contribution >= 4 is 46.3 Å². The van der Waals surface area contributed by atoms with Crippen LogP contribution in [-0.4, -0.2) is 92.6 Å². The van der Waals surface area contributed by atoms with Gasteiger partial charge in [-0.1, -0.05) is 11.6 Å². The Morgan fingerprint density at radius 2 is 2.03 bits per heavy atom. The molecule has 2 aliphatic heterocycles. The molecule has 1 atom stereocenters. The summed E-state index contributed by atoms with van der Waals surface area (Å²) >= 11 is 6.47. The van der Waals surface area contributed by atoms with Gasteiger partial charge < -0.3 is 34.8 Å². The molecule has 2 aliphatic rings. The van der Waals surface area contributed by atoms with Crippen molar-refractivity contribution in [2.24, 2.45) is 5.92 Å². The number of carbonyl (C=O) groups excluding carboxylic acids is 1. The van der Waals surface area contributed by atoms with Crippen LogP contribution in [-0.2, 0) is 9.53 Å². The molecule has 37 heavy (non-hydrogen) atoms. The van der Waals surface area contributed by atoms with Crippen molar-refractivity contribution in [3.63, 3.8) is 0 Å². The maximum absolute atomic E-state index is 12.3. The molecular weight excluding hydrogens is 494 g/mol. The lowest BCUT2D eigenvalue weighted by Gasteiger charge is -2.32. The van der Waals surface area contributed by atoms with Crippen LogP contribution in [0.1, 0.15) is 26.2 Å². The molecule has 202 valence electrons. The molecule has 0 radical (unpaired) electrons. The highest BCUT2D eigenvalue weighted by Crippen LogP contribution is 2.38. The zero-order valence-corrected chi connectivity index (χ0v) is 23.1. The first-order chi connectivity index (χ1) is 17.6. The summed E-state index contributed by atoms with van der Waals surface area (Å²) in [7, 11) is 7.26. The smallest absolute Gasteiger partial charge is 0.227 e. The molecule has 10 nitrogen and oxygen atoms in total. The number of aliphatic hydroxyl groups is 1. The van der Waals surface area contributed by atoms with Gasteiger partial charge in [0.2, 0.25) is 11.9 Å². The van der Waals surface area contributed by atoms with Crippen LogP contribution in [0.2, 0.25) is 5.02 Å². The number of benzene rings is 1. The number of nitrogens with zero attached hydrogens (tertiary/aromatic N) is 6. The summed E-state index contributed by atoms with van der Waals surface area (Å²) in [4.78, 5) is 29.7. The number of nitrogens with one attached hydrogen (secondary N) is 1. The van der Waals surface area contributed by atoms with Crippen LogP contribution >= 0.6 is 11.6 Å². The minimum absolute atomic E-state index is 0.0434. The maximum Gasteiger partial charge on any atom is 0.227 e. The van der Waals surface area contributed by atoms with Crippen LogP contribution in [0.5, 0.6) is 0 Å². The summed E-state index contributed by atoms with van der Waals surface area (Å²) in [6, 6.07) is 6.17. The number of fused-ring (bicyclic) bond motifs is 1. The van der Waals surface area contributed by atoms with Gasteiger partial charge in [0.15, 0.2) is 5.82 Å². The lowest BCUT2D eigenvalue weighted by molar-refractivity contribution is -0.133. The van der Waals surface area contributed by atoms with Gasteiger partial charge in [-0.15, -0.1) is 0 Å². The van der Waals surface area contributed by atoms with Gasteiger partial charge in [0, 0.05) is 59.5 Å². The summed E-state index contributed by atoms with van der Waals surface area (Å²) in [5, 5.41) is 14.3. The minimum atomic E-state index is -0.884. The lowest BCUT2D eigenvalue weighted by atomic mass is 9.96. The second-order valence-corrected chi connectivity index (χ2v) is 10.9. The predicted molar refractivity (Wildman–Crippen MR) is 148 cm³/mol. The molecule has 1 fully saturated rings. The maximum atomic E-state index is 12.3. The number of ether oxygens (including phenoxy) is 1. The van der Waals surface area contributed by atoms with Gasteiger partial charge in [-0.2, -0.15) is 4.98 Å². The fourth-order valence-electron chi connectivity index (χ4n) is 4.96. The number of hydrogen-bond acceptors (Lipinski definition) is 9. The third-order valence-corrected chi connectivity index (χ3v) is 7.32. The summed E-state index contributed by atoms with van der Waals surface area (Å²) in [5.41, 5.74) is 2.19. The van der Waals surface area contributed by atoms with E-state index in [0.29, 0.717) is 36.4 Å². The van der Waals surface area contributed by atoms with Gasteiger partial charge >= 0.3 is 0 Å². The van der Waals surface area contributed by atoms with Crippen LogP contribution in [0.25, 0.3) is 0 Å². The van der Waals surface area contributed by atoms with E-state index in [1.165, 1.54) is 0 Å². The van der Waals surface area contributed by atoms with E-state index in [4.69, 9.17) is 21.3 Å². The van der Waals surface area contributed by atoms with E-state index in [2.05, 4.69) is 44.2 Å². The van der Waals surface area contributed by atoms with Crippen molar-refractivity contribution in [1.82, 2.24) is 14.9 Å². The lowest BCUT2D eigenvalue weighted by Crippen LogP contribution is -2.40. The average Bonchev–Trinajstić information content (AvgIpc) is 3.18. The molecule has 1 aromatic carbocycles. The van der Waals surface area contributed by atoms with E-state index in [1.54, 1.807) is 39.2 Å². The van der Waals surface area contributed by atoms with Gasteiger partial charge in [-0.05, 0) is 44.4 Å². The third kappa shape index (κ3) is 6.37. The number of aromatic nitrogens is 2. The first kappa shape index (κ1) is 27.2. The van der Waals surface area contributed by atoms with Crippen molar-refractivity contribution < 1.29 is 14.6 Å². The van der Waals surface area contributed by atoms with E-state index < -0.39 is 5.60 Å². The van der Waals surface area contributed by atoms with E-state index >= 15 is 0 Å². The second-order valence-electron chi connectivity index (χ2n) is 10.5. The largest absolute Gasteiger partial charge is 0.388 e. The third-order valence-electron chi connectivity index (χ3n) is 7.05. The monoisotopic (exact) mass is 531 g/mol. The molecule has 0 saturated carbocycles. The first-order valence-electron chi connectivity index (χ1n) is 12.6. The topological polar surface area (TPSA) is 97.3 Å². The van der Waals surface area contributed by atoms with Crippen LogP contribution in [0.15, 0.2) is 24.4 Å². The van der Waals surface area contributed by atoms with Crippen molar-refractivity contribution in [2.75, 3.05) is 81.2 Å². The van der Waals surface area contributed by atoms with Gasteiger partial charge in [0.25, 0.3) is 0 Å². The molecule has 1 unspecified atom stereocenters. The number of carbonyl (C=O) groups is 1. The molecular formula is C26H38ClN7O3. The molecule has 0 aliphatic carbocycles. The standard InChI is InChI=1S/C26H38ClN7O3/c1-26(36,16-37-5)10-13-34-17-32(4)21-7-6-19(14-22(21)34)29-23-20(27)15-28-25(30-23)33-11-8-18(9-12-33)24(35)31(2)3/h6-7,14-15,18,36H,8-13,16-17H2,1-5H3,(H,28,29,30). The Bertz CT molecular complexity index is 1110. The van der Waals surface area contributed by atoms with E-state index in [9.17, 15) is 9.90 Å². The molecule has 0 spiro atoms. The summed E-state index contributed by atoms with van der Waals surface area (Å²) in [5.74, 6) is 1.36. The molecule has 2 aromatic rings. The Kier molecular flexibility index (Phi) is 8.30. The molecule has 2 N–H and O–H groups in total. The second kappa shape index (κ2) is 11.3. The average molecular weight is 532 g/mol. The van der Waals surface area contributed by atoms with E-state index in [-0.39, 0.29) is 11.8 Å². The number of rotatable bonds is 9. The zero-order chi connectivity index (χ0) is 26.7. The SMILES string of the molecule is COCC(C)(O)CCN1CN(C)c2ccc(Nc3nc(N4CCC(C(=O)N(C)C)CC4)ncc3Cl)cc21. The number of anilines is 5. The quantitative estimate of drug-likeness (QED) is 0.505. The van der Waals surface area contributed by atoms with E-state index in [1.807, 2.05) is 6.07 Å². The number of hydrogen-bond donors (Lipinski definition) is 2. The van der Waals surface area contributed by atoms with Crippen LogP contribution in [0.4, 0.5) is 28.8 Å². The molecule has 3 heterocycles. The van der Waals surface area contributed by atoms with Crippen molar-refractivity contribution in [2.45, 2.75) is 31.8 Å². The Morgan fingerprint density at radius 3 is 2.70 bits per heavy atom. The van der Waals surface area contributed by atoms with Gasteiger partial charge in [0.1, 0.15) is 5.02 Å². The highest BCUT2D eigenvalue weighted by atomic mass is 35.5. The van der Waals surface area contributed by atoms with Crippen molar-refractivity contribution in [3.05, 3.63) is 29.4 Å². The molecule has 0 bridgehead atoms. The first-order valence-corrected chi connectivity index (χ1v) is 13.0. The normalized spacial score (nSPS) is 17.5. The van der Waals surface area contributed by atoms with Crippen LogP contribution in [0.3, 0.4) is 0 Å². The van der Waals surface area contributed by atoms with Crippen LogP contribution < -0.4 is 20.0 Å². The number of methoxy groups -OCH3 is 1. The summed E-state index contributed by atoms with van der Waals surface area (Å²) in [6.07, 6.45) is 3.76. The highest BCUT2D eigenvalue weighted by Gasteiger charge is 2.29. The molecule has 1 amide bonds. The van der Waals surface area contributed by atoms with Crippen molar-refractivity contribution in [3.8, 4) is 0 Å². The minimum Gasteiger partial charge on any atom is -0.388 e. The molecule has 1 aromatic heterocycles. The Hall–Kier alpha value is -2.82. The fraction of sp³-hybridized carbons (Fsp3) is 0.577. The Balaban J connectivity index is 1.46. The van der Waals surface area contributed by atoms with Gasteiger partial charge in [-0.3, -0.25) is 4.79 Å². The number of piperidine rings is 1. The Labute approximate surface area is 224 Å². The summed E-state index contributed by atoms with van der Waals surface area (Å²) < 4.78 is 5.15. The zero-order valence-electron chi connectivity index (χ0n) is 22.4. The van der Waals surface area contributed by atoms with E-state index in [0.717, 1.165) is 49.7 Å². The van der Waals surface area contributed by atoms with Gasteiger partial charge in [0.05, 0.1) is 36.4 Å². The molecule has 4 rings (SSSR count). The predicted octanol–water partition coefficient (Wildman–Crippen LogP) is 3.18. The van der Waals surface area contributed by atoms with Crippen LogP contribution in [0, 0.1) is 5.92 Å². The summed E-state index contributed by atoms with van der Waals surface area (Å²) in [6.45, 7) is 4.97.